The summed E-state index contributed by atoms with van der Waals surface area (Å²) < 4.78 is 6.01. The van der Waals surface area contributed by atoms with E-state index in [2.05, 4.69) is 21.2 Å². The fourth-order valence-corrected chi connectivity index (χ4v) is 2.62. The molecule has 0 spiro atoms. The molecule has 22 heavy (non-hydrogen) atoms. The van der Waals surface area contributed by atoms with Crippen LogP contribution in [0.3, 0.4) is 0 Å². The van der Waals surface area contributed by atoms with Gasteiger partial charge in [-0.25, -0.2) is 4.79 Å². The number of nitrogens with one attached hydrogen (secondary N) is 1. The zero-order chi connectivity index (χ0) is 16.3. The van der Waals surface area contributed by atoms with E-state index in [0.717, 1.165) is 4.47 Å². The highest BCUT2D eigenvalue weighted by Crippen LogP contribution is 2.26. The molecule has 1 amide bonds. The van der Waals surface area contributed by atoms with Gasteiger partial charge in [0, 0.05) is 16.6 Å². The highest BCUT2D eigenvalue weighted by Gasteiger charge is 2.29. The number of carboxylic acids is 1. The zero-order valence-corrected chi connectivity index (χ0v) is 14.0. The third kappa shape index (κ3) is 3.63. The van der Waals surface area contributed by atoms with Gasteiger partial charge in [0.05, 0.1) is 0 Å². The third-order valence-corrected chi connectivity index (χ3v) is 3.72. The first kappa shape index (κ1) is 16.4. The SMILES string of the molecule is CCN1C(=O)/C(=C/c2cc(Br)ccc2OCC(=O)O)NC1=S. The van der Waals surface area contributed by atoms with Crippen molar-refractivity contribution in [1.29, 1.82) is 0 Å². The van der Waals surface area contributed by atoms with E-state index in [1.54, 1.807) is 24.3 Å². The first-order valence-corrected chi connectivity index (χ1v) is 7.61. The number of ether oxygens (including phenoxy) is 1. The van der Waals surface area contributed by atoms with Crippen molar-refractivity contribution >= 4 is 51.2 Å². The summed E-state index contributed by atoms with van der Waals surface area (Å²) in [6, 6.07) is 5.09. The number of carbonyl (C=O) groups is 2. The lowest BCUT2D eigenvalue weighted by molar-refractivity contribution is -0.139. The number of aliphatic carboxylic acids is 1. The Morgan fingerprint density at radius 1 is 1.55 bits per heavy atom. The average Bonchev–Trinajstić information content (AvgIpc) is 2.72. The van der Waals surface area contributed by atoms with Crippen molar-refractivity contribution in [3.8, 4) is 5.75 Å². The molecule has 1 aromatic carbocycles. The lowest BCUT2D eigenvalue weighted by Crippen LogP contribution is -2.30. The van der Waals surface area contributed by atoms with Crippen LogP contribution in [0.15, 0.2) is 28.4 Å². The summed E-state index contributed by atoms with van der Waals surface area (Å²) in [5, 5.41) is 11.9. The van der Waals surface area contributed by atoms with Gasteiger partial charge in [0.2, 0.25) is 0 Å². The van der Waals surface area contributed by atoms with Gasteiger partial charge in [0.25, 0.3) is 5.91 Å². The number of carboxylic acid groups (broad SMARTS) is 1. The van der Waals surface area contributed by atoms with Crippen molar-refractivity contribution in [2.75, 3.05) is 13.2 Å². The van der Waals surface area contributed by atoms with Gasteiger partial charge in [-0.15, -0.1) is 0 Å². The highest BCUT2D eigenvalue weighted by molar-refractivity contribution is 9.10. The lowest BCUT2D eigenvalue weighted by Gasteiger charge is -2.09. The monoisotopic (exact) mass is 384 g/mol. The number of halogens is 1. The average molecular weight is 385 g/mol. The molecule has 0 aromatic heterocycles. The molecule has 0 atom stereocenters. The molecule has 1 aliphatic heterocycles. The summed E-state index contributed by atoms with van der Waals surface area (Å²) in [6.45, 7) is 1.84. The second-order valence-corrected chi connectivity index (χ2v) is 5.70. The lowest BCUT2D eigenvalue weighted by atomic mass is 10.1. The maximum atomic E-state index is 12.2. The van der Waals surface area contributed by atoms with Gasteiger partial charge in [-0.3, -0.25) is 9.69 Å². The Kier molecular flexibility index (Phi) is 5.15. The minimum absolute atomic E-state index is 0.225. The van der Waals surface area contributed by atoms with Crippen LogP contribution in [0.4, 0.5) is 0 Å². The number of amides is 1. The maximum absolute atomic E-state index is 12.2. The van der Waals surface area contributed by atoms with Crippen LogP contribution in [0.1, 0.15) is 12.5 Å². The van der Waals surface area contributed by atoms with Crippen LogP contribution in [0.25, 0.3) is 6.08 Å². The molecule has 1 aliphatic rings. The Balaban J connectivity index is 2.34. The van der Waals surface area contributed by atoms with E-state index in [1.807, 2.05) is 6.92 Å². The molecule has 0 aliphatic carbocycles. The number of hydrogen-bond donors (Lipinski definition) is 2. The molecule has 6 nitrogen and oxygen atoms in total. The van der Waals surface area contributed by atoms with E-state index >= 15 is 0 Å². The number of hydrogen-bond acceptors (Lipinski definition) is 4. The molecule has 0 bridgehead atoms. The quantitative estimate of drug-likeness (QED) is 0.596. The molecular formula is C14H13BrN2O4S. The molecule has 2 N–H and O–H groups in total. The topological polar surface area (TPSA) is 78.9 Å². The Hall–Kier alpha value is -1.93. The summed E-state index contributed by atoms with van der Waals surface area (Å²) >= 11 is 8.42. The van der Waals surface area contributed by atoms with Crippen LogP contribution in [0.5, 0.6) is 5.75 Å². The van der Waals surface area contributed by atoms with Crippen LogP contribution >= 0.6 is 28.1 Å². The fourth-order valence-electron chi connectivity index (χ4n) is 1.92. The van der Waals surface area contributed by atoms with Gasteiger partial charge in [-0.2, -0.15) is 0 Å². The Labute approximate surface area is 140 Å². The summed E-state index contributed by atoms with van der Waals surface area (Å²) in [4.78, 5) is 24.2. The highest BCUT2D eigenvalue weighted by atomic mass is 79.9. The molecule has 8 heteroatoms. The summed E-state index contributed by atoms with van der Waals surface area (Å²) in [5.74, 6) is -0.930. The van der Waals surface area contributed by atoms with E-state index in [4.69, 9.17) is 22.1 Å². The van der Waals surface area contributed by atoms with Gasteiger partial charge in [-0.1, -0.05) is 15.9 Å². The van der Waals surface area contributed by atoms with E-state index in [-0.39, 0.29) is 5.91 Å². The first-order valence-electron chi connectivity index (χ1n) is 6.41. The molecule has 0 unspecified atom stereocenters. The first-order chi connectivity index (χ1) is 10.4. The van der Waals surface area contributed by atoms with Crippen molar-refractivity contribution in [3.05, 3.63) is 33.9 Å². The number of likely N-dealkylation sites (N-methyl/N-ethyl adjacent to an activating group) is 1. The van der Waals surface area contributed by atoms with E-state index in [0.29, 0.717) is 28.7 Å². The molecule has 1 aromatic rings. The van der Waals surface area contributed by atoms with Crippen LogP contribution in [0, 0.1) is 0 Å². The smallest absolute Gasteiger partial charge is 0.341 e. The minimum atomic E-state index is -1.07. The summed E-state index contributed by atoms with van der Waals surface area (Å²) in [5.41, 5.74) is 0.900. The number of carbonyl (C=O) groups excluding carboxylic acids is 1. The Bertz CT molecular complexity index is 675. The normalized spacial score (nSPS) is 16.1. The van der Waals surface area contributed by atoms with Gasteiger partial charge in [0.1, 0.15) is 11.4 Å². The zero-order valence-electron chi connectivity index (χ0n) is 11.6. The Morgan fingerprint density at radius 3 is 2.86 bits per heavy atom. The molecular weight excluding hydrogens is 372 g/mol. The third-order valence-electron chi connectivity index (χ3n) is 2.90. The van der Waals surface area contributed by atoms with Crippen LogP contribution in [0.2, 0.25) is 0 Å². The van der Waals surface area contributed by atoms with Crippen molar-refractivity contribution in [1.82, 2.24) is 10.2 Å². The molecule has 0 saturated carbocycles. The number of rotatable bonds is 5. The van der Waals surface area contributed by atoms with Crippen molar-refractivity contribution in [2.45, 2.75) is 6.92 Å². The number of thiocarbonyl (C=S) groups is 1. The van der Waals surface area contributed by atoms with Gasteiger partial charge < -0.3 is 15.2 Å². The molecule has 0 radical (unpaired) electrons. The minimum Gasteiger partial charge on any atom is -0.481 e. The van der Waals surface area contributed by atoms with E-state index in [9.17, 15) is 9.59 Å². The molecule has 1 heterocycles. The number of nitrogens with zero attached hydrogens (tertiary/aromatic N) is 1. The summed E-state index contributed by atoms with van der Waals surface area (Å²) in [7, 11) is 0. The fraction of sp³-hybridized carbons (Fsp3) is 0.214. The number of benzene rings is 1. The maximum Gasteiger partial charge on any atom is 0.341 e. The van der Waals surface area contributed by atoms with Crippen LogP contribution < -0.4 is 10.1 Å². The van der Waals surface area contributed by atoms with Gasteiger partial charge in [-0.05, 0) is 43.4 Å². The molecule has 1 fully saturated rings. The van der Waals surface area contributed by atoms with Crippen molar-refractivity contribution in [3.63, 3.8) is 0 Å². The van der Waals surface area contributed by atoms with Crippen LogP contribution in [-0.4, -0.2) is 40.1 Å². The Morgan fingerprint density at radius 2 is 2.27 bits per heavy atom. The standard InChI is InChI=1S/C14H13BrN2O4S/c1-2-17-13(20)10(16-14(17)22)6-8-5-9(15)3-4-11(8)21-7-12(18)19/h3-6H,2,7H2,1H3,(H,16,22)(H,18,19)/b10-6-. The largest absolute Gasteiger partial charge is 0.481 e. The summed E-state index contributed by atoms with van der Waals surface area (Å²) in [6.07, 6.45) is 1.59. The second kappa shape index (κ2) is 6.89. The van der Waals surface area contributed by atoms with Gasteiger partial charge in [0.15, 0.2) is 11.7 Å². The van der Waals surface area contributed by atoms with E-state index < -0.39 is 12.6 Å². The predicted octanol–water partition coefficient (Wildman–Crippen LogP) is 1.99. The molecule has 1 saturated heterocycles. The van der Waals surface area contributed by atoms with Crippen molar-refractivity contribution < 1.29 is 19.4 Å². The van der Waals surface area contributed by atoms with Crippen molar-refractivity contribution in [2.24, 2.45) is 0 Å². The predicted molar refractivity (Wildman–Crippen MR) is 88.4 cm³/mol. The molecule has 2 rings (SSSR count). The van der Waals surface area contributed by atoms with Gasteiger partial charge >= 0.3 is 5.97 Å². The van der Waals surface area contributed by atoms with E-state index in [1.165, 1.54) is 4.90 Å². The molecule has 116 valence electrons. The second-order valence-electron chi connectivity index (χ2n) is 4.40. The van der Waals surface area contributed by atoms with Crippen LogP contribution in [-0.2, 0) is 9.59 Å².